The number of fused-ring (bicyclic) bond motifs is 1. The summed E-state index contributed by atoms with van der Waals surface area (Å²) in [5.74, 6) is 2.40. The molecule has 0 saturated carbocycles. The molecule has 0 saturated heterocycles. The van der Waals surface area contributed by atoms with Crippen LogP contribution in [-0.2, 0) is 14.1 Å². The summed E-state index contributed by atoms with van der Waals surface area (Å²) < 4.78 is 2.98. The van der Waals surface area contributed by atoms with E-state index in [1.54, 1.807) is 4.44 Å². The minimum atomic E-state index is -1.06. The summed E-state index contributed by atoms with van der Waals surface area (Å²) in [4.78, 5) is 4.63. The summed E-state index contributed by atoms with van der Waals surface area (Å²) in [5.41, 5.74) is 3.71. The molecule has 0 bridgehead atoms. The molecule has 26 heavy (non-hydrogen) atoms. The van der Waals surface area contributed by atoms with E-state index in [9.17, 15) is 0 Å². The molecule has 135 valence electrons. The van der Waals surface area contributed by atoms with E-state index in [1.165, 1.54) is 20.9 Å². The predicted molar refractivity (Wildman–Crippen MR) is 114 cm³/mol. The number of halogens is 3. The van der Waals surface area contributed by atoms with Gasteiger partial charge in [-0.05, 0) is 0 Å². The molecule has 4 rings (SSSR count). The van der Waals surface area contributed by atoms with Crippen LogP contribution in [-0.4, -0.2) is 4.98 Å². The van der Waals surface area contributed by atoms with Crippen molar-refractivity contribution in [1.82, 2.24) is 4.98 Å². The minimum absolute atomic E-state index is 0. The van der Waals surface area contributed by atoms with Crippen molar-refractivity contribution in [3.63, 3.8) is 0 Å². The van der Waals surface area contributed by atoms with Crippen LogP contribution in [0.4, 0.5) is 0 Å². The van der Waals surface area contributed by atoms with Crippen molar-refractivity contribution in [3.8, 4) is 0 Å². The topological polar surface area (TPSA) is 12.9 Å². The fourth-order valence-corrected chi connectivity index (χ4v) is 5.75. The van der Waals surface area contributed by atoms with Crippen LogP contribution in [0.15, 0.2) is 77.4 Å². The summed E-state index contributed by atoms with van der Waals surface area (Å²) >= 11 is 4.94. The molecule has 0 fully saturated rings. The molecule has 1 aliphatic carbocycles. The fourth-order valence-electron chi connectivity index (χ4n) is 3.02. The van der Waals surface area contributed by atoms with Gasteiger partial charge in [0.25, 0.3) is 0 Å². The van der Waals surface area contributed by atoms with Gasteiger partial charge in [-0.3, -0.25) is 0 Å². The molecule has 0 unspecified atom stereocenters. The quantitative estimate of drug-likeness (QED) is 0.457. The van der Waals surface area contributed by atoms with Crippen LogP contribution in [0.3, 0.4) is 0 Å². The predicted octanol–water partition coefficient (Wildman–Crippen LogP) is 6.39. The van der Waals surface area contributed by atoms with Gasteiger partial charge < -0.3 is 0 Å². The van der Waals surface area contributed by atoms with Gasteiger partial charge in [0.15, 0.2) is 0 Å². The Morgan fingerprint density at radius 1 is 0.962 bits per heavy atom. The number of nitrogens with zero attached hydrogens (tertiary/aromatic N) is 1. The van der Waals surface area contributed by atoms with Gasteiger partial charge in [0.2, 0.25) is 0 Å². The summed E-state index contributed by atoms with van der Waals surface area (Å²) in [5, 5.41) is 2.01. The molecule has 5 heteroatoms. The molecule has 0 spiro atoms. The summed E-state index contributed by atoms with van der Waals surface area (Å²) in [7, 11) is 0. The first-order chi connectivity index (χ1) is 11.7. The normalized spacial score (nSPS) is 13.0. The Morgan fingerprint density at radius 2 is 1.69 bits per heavy atom. The molecule has 0 atom stereocenters. The van der Waals surface area contributed by atoms with Gasteiger partial charge in [-0.15, -0.1) is 24.8 Å². The second-order valence-electron chi connectivity index (χ2n) is 5.82. The van der Waals surface area contributed by atoms with E-state index >= 15 is 0 Å². The molecule has 0 amide bonds. The summed E-state index contributed by atoms with van der Waals surface area (Å²) in [6, 6.07) is 18.8. The first kappa shape index (κ1) is 21.0. The van der Waals surface area contributed by atoms with Gasteiger partial charge >= 0.3 is 152 Å². The van der Waals surface area contributed by atoms with E-state index in [0.717, 1.165) is 17.0 Å². The molecule has 3 aromatic rings. The zero-order valence-corrected chi connectivity index (χ0v) is 17.8. The van der Waals surface area contributed by atoms with Crippen LogP contribution in [0.25, 0.3) is 16.5 Å². The summed E-state index contributed by atoms with van der Waals surface area (Å²) in [6.07, 6.45) is 7.64. The Morgan fingerprint density at radius 3 is 2.46 bits per heavy atom. The molecule has 1 aliphatic rings. The molecular weight excluding hydrogens is 425 g/mol. The van der Waals surface area contributed by atoms with Crippen molar-refractivity contribution in [2.45, 2.75) is 12.2 Å². The SMILES string of the molecule is Cl.Cl.[CH3][Cr]([C]1=CC(c2ccc(Cl)cc2)=CC1)[c]1cccc2cccnc12. The monoisotopic (exact) mass is 442 g/mol. The average Bonchev–Trinajstić information content (AvgIpc) is 3.11. The van der Waals surface area contributed by atoms with E-state index in [4.69, 9.17) is 11.6 Å². The Balaban J connectivity index is 0.00000121. The van der Waals surface area contributed by atoms with Crippen LogP contribution in [0.1, 0.15) is 12.0 Å². The first-order valence-corrected chi connectivity index (χ1v) is 10.8. The molecule has 2 aromatic carbocycles. The second-order valence-corrected chi connectivity index (χ2v) is 9.36. The van der Waals surface area contributed by atoms with Gasteiger partial charge in [-0.1, -0.05) is 0 Å². The number of aromatic nitrogens is 1. The van der Waals surface area contributed by atoms with E-state index < -0.39 is 14.1 Å². The molecule has 1 heterocycles. The number of hydrogen-bond acceptors (Lipinski definition) is 1. The van der Waals surface area contributed by atoms with Crippen molar-refractivity contribution in [2.75, 3.05) is 0 Å². The van der Waals surface area contributed by atoms with Crippen molar-refractivity contribution in [2.24, 2.45) is 0 Å². The van der Waals surface area contributed by atoms with Crippen LogP contribution >= 0.6 is 36.4 Å². The van der Waals surface area contributed by atoms with Crippen molar-refractivity contribution < 1.29 is 14.1 Å². The third-order valence-corrected chi connectivity index (χ3v) is 7.81. The van der Waals surface area contributed by atoms with E-state index in [-0.39, 0.29) is 24.8 Å². The third kappa shape index (κ3) is 4.17. The van der Waals surface area contributed by atoms with Gasteiger partial charge in [0, 0.05) is 0 Å². The molecular formula is C21H19Cl3CrN. The Hall–Kier alpha value is -1.27. The second kappa shape index (κ2) is 9.09. The molecule has 0 aliphatic heterocycles. The average molecular weight is 444 g/mol. The number of hydrogen-bond donors (Lipinski definition) is 0. The van der Waals surface area contributed by atoms with Crippen LogP contribution < -0.4 is 4.43 Å². The van der Waals surface area contributed by atoms with Crippen molar-refractivity contribution >= 4 is 57.3 Å². The van der Waals surface area contributed by atoms with Gasteiger partial charge in [0.1, 0.15) is 0 Å². The number of pyridine rings is 1. The Labute approximate surface area is 176 Å². The molecule has 1 aromatic heterocycles. The molecule has 0 N–H and O–H groups in total. The number of benzene rings is 2. The number of para-hydroxylation sites is 1. The van der Waals surface area contributed by atoms with Crippen LogP contribution in [0.2, 0.25) is 10.8 Å². The Kier molecular flexibility index (Phi) is 7.35. The molecule has 0 radical (unpaired) electrons. The number of rotatable bonds is 3. The maximum atomic E-state index is 6.00. The zero-order valence-electron chi connectivity index (χ0n) is 14.2. The van der Waals surface area contributed by atoms with E-state index in [1.807, 2.05) is 24.4 Å². The molecule has 1 nitrogen and oxygen atoms in total. The standard InChI is InChI=1S/C11H8Cl.C9H6N.CH3.2ClH.Cr/c12-11-7-5-10(6-8-11)9-3-1-2-4-9;1-2-6-9-8(4-1)5-3-7-10-9;;;;/h3-8H,1H2;1-5,7H;1H3;2*1H;. The van der Waals surface area contributed by atoms with E-state index in [2.05, 4.69) is 59.3 Å². The first-order valence-electron chi connectivity index (χ1n) is 7.89. The van der Waals surface area contributed by atoms with Crippen LogP contribution in [0, 0.1) is 0 Å². The van der Waals surface area contributed by atoms with Crippen molar-refractivity contribution in [3.05, 3.63) is 88.0 Å². The van der Waals surface area contributed by atoms with Gasteiger partial charge in [-0.2, -0.15) is 0 Å². The summed E-state index contributed by atoms with van der Waals surface area (Å²) in [6.45, 7) is 0. The van der Waals surface area contributed by atoms with Gasteiger partial charge in [0.05, 0.1) is 0 Å². The zero-order chi connectivity index (χ0) is 16.5. The fraction of sp³-hybridized carbons (Fsp3) is 0.0952. The van der Waals surface area contributed by atoms with Gasteiger partial charge in [-0.25, -0.2) is 0 Å². The van der Waals surface area contributed by atoms with E-state index in [0.29, 0.717) is 0 Å². The van der Waals surface area contributed by atoms with Crippen molar-refractivity contribution in [1.29, 1.82) is 0 Å². The Bertz CT molecular complexity index is 959. The number of allylic oxidation sites excluding steroid dienone is 4. The van der Waals surface area contributed by atoms with Crippen LogP contribution in [0.5, 0.6) is 0 Å². The maximum absolute atomic E-state index is 6.00. The third-order valence-electron chi connectivity index (χ3n) is 4.34.